The molecular weight excluding hydrogens is 430 g/mol. The number of urea groups is 1. The van der Waals surface area contributed by atoms with Crippen LogP contribution in [0.5, 0.6) is 5.75 Å². The number of anilines is 1. The van der Waals surface area contributed by atoms with E-state index in [2.05, 4.69) is 31.0 Å². The van der Waals surface area contributed by atoms with Crippen LogP contribution in [0, 0.1) is 17.8 Å². The number of aliphatic hydroxyl groups is 1. The Morgan fingerprint density at radius 2 is 1.94 bits per heavy atom. The molecule has 7 nitrogen and oxygen atoms in total. The second-order valence-electron chi connectivity index (χ2n) is 9.18. The first-order valence-electron chi connectivity index (χ1n) is 11.6. The van der Waals surface area contributed by atoms with Crippen molar-refractivity contribution in [1.82, 2.24) is 9.80 Å². The van der Waals surface area contributed by atoms with Gasteiger partial charge in [-0.15, -0.1) is 0 Å². The van der Waals surface area contributed by atoms with Crippen molar-refractivity contribution >= 4 is 17.6 Å². The second-order valence-corrected chi connectivity index (χ2v) is 9.18. The van der Waals surface area contributed by atoms with Crippen LogP contribution in [-0.2, 0) is 4.79 Å². The van der Waals surface area contributed by atoms with E-state index in [0.717, 1.165) is 17.5 Å². The number of rotatable bonds is 5. The third kappa shape index (κ3) is 4.73. The highest BCUT2D eigenvalue weighted by Gasteiger charge is 2.54. The number of hydrogen-bond acceptors (Lipinski definition) is 4. The normalized spacial score (nSPS) is 21.3. The zero-order valence-corrected chi connectivity index (χ0v) is 19.8. The molecule has 2 aliphatic heterocycles. The van der Waals surface area contributed by atoms with Crippen LogP contribution in [0.2, 0.25) is 0 Å². The fourth-order valence-electron chi connectivity index (χ4n) is 4.74. The zero-order valence-electron chi connectivity index (χ0n) is 19.8. The molecule has 2 aliphatic rings. The van der Waals surface area contributed by atoms with Crippen molar-refractivity contribution in [1.29, 1.82) is 0 Å². The van der Waals surface area contributed by atoms with Gasteiger partial charge in [0, 0.05) is 24.4 Å². The van der Waals surface area contributed by atoms with Crippen molar-refractivity contribution in [3.05, 3.63) is 59.7 Å². The van der Waals surface area contributed by atoms with E-state index in [1.807, 2.05) is 36.4 Å². The molecule has 2 N–H and O–H groups in total. The number of nitrogens with zero attached hydrogens (tertiary/aromatic N) is 2. The monoisotopic (exact) mass is 461 g/mol. The SMILES string of the molecule is COc1ccccc1NC(=O)N1CC(=O)N2[C@H](CO)[C@@H](c3ccc(C#CCC(C)C)cc3)[C@H]2C1. The van der Waals surface area contributed by atoms with Crippen LogP contribution < -0.4 is 10.1 Å². The molecule has 2 fully saturated rings. The number of para-hydroxylation sites is 2. The van der Waals surface area contributed by atoms with Crippen LogP contribution in [0.15, 0.2) is 48.5 Å². The van der Waals surface area contributed by atoms with Gasteiger partial charge in [-0.3, -0.25) is 4.79 Å². The summed E-state index contributed by atoms with van der Waals surface area (Å²) < 4.78 is 5.31. The molecular formula is C27H31N3O4. The molecule has 34 heavy (non-hydrogen) atoms. The Morgan fingerprint density at radius 1 is 1.21 bits per heavy atom. The summed E-state index contributed by atoms with van der Waals surface area (Å²) >= 11 is 0. The van der Waals surface area contributed by atoms with Gasteiger partial charge in [-0.25, -0.2) is 4.79 Å². The number of hydrogen-bond donors (Lipinski definition) is 2. The summed E-state index contributed by atoms with van der Waals surface area (Å²) in [5.41, 5.74) is 2.53. The zero-order chi connectivity index (χ0) is 24.2. The molecule has 178 valence electrons. The molecule has 0 aliphatic carbocycles. The maximum Gasteiger partial charge on any atom is 0.322 e. The second kappa shape index (κ2) is 10.2. The first kappa shape index (κ1) is 23.7. The van der Waals surface area contributed by atoms with E-state index in [-0.39, 0.29) is 43.1 Å². The highest BCUT2D eigenvalue weighted by Crippen LogP contribution is 2.43. The predicted molar refractivity (Wildman–Crippen MR) is 131 cm³/mol. The van der Waals surface area contributed by atoms with Crippen LogP contribution in [-0.4, -0.2) is 65.7 Å². The van der Waals surface area contributed by atoms with Crippen molar-refractivity contribution in [3.63, 3.8) is 0 Å². The number of carbonyl (C=O) groups is 2. The van der Waals surface area contributed by atoms with E-state index in [1.165, 1.54) is 4.90 Å². The average Bonchev–Trinajstić information content (AvgIpc) is 2.81. The van der Waals surface area contributed by atoms with Crippen LogP contribution in [0.4, 0.5) is 10.5 Å². The van der Waals surface area contributed by atoms with E-state index >= 15 is 0 Å². The van der Waals surface area contributed by atoms with Crippen molar-refractivity contribution in [2.75, 3.05) is 32.1 Å². The Morgan fingerprint density at radius 3 is 2.62 bits per heavy atom. The molecule has 0 unspecified atom stereocenters. The summed E-state index contributed by atoms with van der Waals surface area (Å²) in [6.07, 6.45) is 0.850. The Labute approximate surface area is 200 Å². The maximum atomic E-state index is 13.0. The highest BCUT2D eigenvalue weighted by molar-refractivity contribution is 5.94. The highest BCUT2D eigenvalue weighted by atomic mass is 16.5. The molecule has 0 bridgehead atoms. The van der Waals surface area contributed by atoms with E-state index in [9.17, 15) is 14.7 Å². The Balaban J connectivity index is 1.49. The van der Waals surface area contributed by atoms with Crippen molar-refractivity contribution in [2.45, 2.75) is 38.3 Å². The quantitative estimate of drug-likeness (QED) is 0.670. The summed E-state index contributed by atoms with van der Waals surface area (Å²) in [7, 11) is 1.54. The largest absolute Gasteiger partial charge is 0.495 e. The van der Waals surface area contributed by atoms with Gasteiger partial charge < -0.3 is 25.0 Å². The number of ether oxygens (including phenoxy) is 1. The summed E-state index contributed by atoms with van der Waals surface area (Å²) in [6, 6.07) is 14.3. The number of piperazine rings is 1. The average molecular weight is 462 g/mol. The van der Waals surface area contributed by atoms with Gasteiger partial charge in [0.15, 0.2) is 0 Å². The first-order valence-corrected chi connectivity index (χ1v) is 11.6. The van der Waals surface area contributed by atoms with E-state index in [1.54, 1.807) is 24.1 Å². The van der Waals surface area contributed by atoms with Crippen molar-refractivity contribution in [2.24, 2.45) is 5.92 Å². The molecule has 0 spiro atoms. The number of aliphatic hydroxyl groups excluding tert-OH is 1. The van der Waals surface area contributed by atoms with Gasteiger partial charge in [-0.1, -0.05) is 50.0 Å². The fraction of sp³-hybridized carbons (Fsp3) is 0.407. The van der Waals surface area contributed by atoms with Gasteiger partial charge in [-0.05, 0) is 35.7 Å². The van der Waals surface area contributed by atoms with Crippen molar-refractivity contribution < 1.29 is 19.4 Å². The lowest BCUT2D eigenvalue weighted by molar-refractivity contribution is -0.159. The Kier molecular flexibility index (Phi) is 7.09. The molecule has 0 aromatic heterocycles. The number of fused-ring (bicyclic) bond motifs is 1. The molecule has 2 heterocycles. The summed E-state index contributed by atoms with van der Waals surface area (Å²) in [5.74, 6) is 7.26. The summed E-state index contributed by atoms with van der Waals surface area (Å²) in [4.78, 5) is 29.1. The van der Waals surface area contributed by atoms with Crippen LogP contribution in [0.25, 0.3) is 0 Å². The topological polar surface area (TPSA) is 82.1 Å². The molecule has 3 atom stereocenters. The van der Waals surface area contributed by atoms with Gasteiger partial charge in [-0.2, -0.15) is 0 Å². The molecule has 4 rings (SSSR count). The van der Waals surface area contributed by atoms with Crippen LogP contribution >= 0.6 is 0 Å². The standard InChI is InChI=1S/C27H31N3O4/c1-18(2)7-6-8-19-11-13-20(14-12-19)26-22-15-29(16-25(32)30(22)23(26)17-31)27(33)28-21-9-4-5-10-24(21)34-3/h4-5,9-14,18,22-23,26,31H,7,15-17H2,1-3H3,(H,28,33)/t22-,23-,26+/m1/s1. The maximum absolute atomic E-state index is 13.0. The smallest absolute Gasteiger partial charge is 0.322 e. The summed E-state index contributed by atoms with van der Waals surface area (Å²) in [6.45, 7) is 4.53. The molecule has 2 aromatic rings. The van der Waals surface area contributed by atoms with E-state index < -0.39 is 0 Å². The van der Waals surface area contributed by atoms with Gasteiger partial charge in [0.05, 0.1) is 31.5 Å². The van der Waals surface area contributed by atoms with Crippen molar-refractivity contribution in [3.8, 4) is 17.6 Å². The van der Waals surface area contributed by atoms with Gasteiger partial charge in [0.2, 0.25) is 5.91 Å². The van der Waals surface area contributed by atoms with Gasteiger partial charge >= 0.3 is 6.03 Å². The number of amides is 3. The first-order chi connectivity index (χ1) is 16.4. The third-order valence-electron chi connectivity index (χ3n) is 6.43. The van der Waals surface area contributed by atoms with Gasteiger partial charge in [0.25, 0.3) is 0 Å². The molecule has 2 aromatic carbocycles. The lowest BCUT2D eigenvalue weighted by Crippen LogP contribution is -2.73. The van der Waals surface area contributed by atoms with E-state index in [4.69, 9.17) is 4.74 Å². The molecule has 0 radical (unpaired) electrons. The minimum Gasteiger partial charge on any atom is -0.495 e. The third-order valence-corrected chi connectivity index (χ3v) is 6.43. The fourth-order valence-corrected chi connectivity index (χ4v) is 4.74. The molecule has 0 saturated carbocycles. The minimum atomic E-state index is -0.348. The van der Waals surface area contributed by atoms with E-state index in [0.29, 0.717) is 23.9 Å². The predicted octanol–water partition coefficient (Wildman–Crippen LogP) is 3.30. The number of methoxy groups -OCH3 is 1. The molecule has 3 amide bonds. The van der Waals surface area contributed by atoms with Crippen LogP contribution in [0.3, 0.4) is 0 Å². The van der Waals surface area contributed by atoms with Gasteiger partial charge in [0.1, 0.15) is 12.3 Å². The number of benzene rings is 2. The lowest BCUT2D eigenvalue weighted by atomic mass is 9.73. The lowest BCUT2D eigenvalue weighted by Gasteiger charge is -2.58. The molecule has 2 saturated heterocycles. The van der Waals surface area contributed by atoms with Crippen LogP contribution in [0.1, 0.15) is 37.3 Å². The number of carbonyl (C=O) groups excluding carboxylic acids is 2. The minimum absolute atomic E-state index is 0.0227. The Hall–Kier alpha value is -3.50. The number of nitrogens with one attached hydrogen (secondary N) is 1. The molecule has 7 heteroatoms. The summed E-state index contributed by atoms with van der Waals surface area (Å²) in [5, 5.41) is 12.9. The Bertz CT molecular complexity index is 1100.